The van der Waals surface area contributed by atoms with Crippen molar-refractivity contribution < 1.29 is 23.1 Å². The summed E-state index contributed by atoms with van der Waals surface area (Å²) < 4.78 is 28.2. The van der Waals surface area contributed by atoms with Gasteiger partial charge in [-0.05, 0) is 33.6 Å². The van der Waals surface area contributed by atoms with E-state index in [1.165, 1.54) is 0 Å². The van der Waals surface area contributed by atoms with Gasteiger partial charge in [-0.2, -0.15) is 0 Å². The summed E-state index contributed by atoms with van der Waals surface area (Å²) >= 11 is 0. The highest BCUT2D eigenvalue weighted by atomic mass is 31.2. The fourth-order valence-corrected chi connectivity index (χ4v) is 3.55. The maximum Gasteiger partial charge on any atom is 0.345 e. The van der Waals surface area contributed by atoms with Crippen molar-refractivity contribution in [1.29, 1.82) is 0 Å². The molecule has 0 bridgehead atoms. The normalized spacial score (nSPS) is 13.6. The monoisotopic (exact) mass is 306 g/mol. The molecule has 1 atom stereocenters. The molecule has 118 valence electrons. The second-order valence-electron chi connectivity index (χ2n) is 4.14. The lowest BCUT2D eigenvalue weighted by molar-refractivity contribution is -0.143. The van der Waals surface area contributed by atoms with Crippen LogP contribution < -0.4 is 0 Å². The van der Waals surface area contributed by atoms with Gasteiger partial charge in [-0.15, -0.1) is 0 Å². The summed E-state index contributed by atoms with van der Waals surface area (Å²) in [7, 11) is -3.49. The number of esters is 1. The molecule has 0 amide bonds. The number of hydrogen-bond donors (Lipinski definition) is 0. The Bertz CT molecular complexity index is 330. The number of allylic oxidation sites excluding steroid dienone is 2. The molecule has 1 unspecified atom stereocenters. The molecule has 0 fully saturated rings. The molecule has 6 heteroatoms. The molecule has 0 spiro atoms. The minimum Gasteiger partial charge on any atom is -0.465 e. The van der Waals surface area contributed by atoms with Crippen molar-refractivity contribution in [1.82, 2.24) is 0 Å². The van der Waals surface area contributed by atoms with Gasteiger partial charge in [-0.3, -0.25) is 9.36 Å². The lowest BCUT2D eigenvalue weighted by Gasteiger charge is -2.23. The molecular weight excluding hydrogens is 279 g/mol. The third kappa shape index (κ3) is 6.69. The van der Waals surface area contributed by atoms with Gasteiger partial charge in [0.05, 0.1) is 19.8 Å². The summed E-state index contributed by atoms with van der Waals surface area (Å²) in [6.45, 7) is 7.93. The van der Waals surface area contributed by atoms with Crippen LogP contribution in [0.15, 0.2) is 12.2 Å². The number of ether oxygens (including phenoxy) is 1. The molecule has 0 saturated heterocycles. The first-order valence-corrected chi connectivity index (χ1v) is 8.87. The van der Waals surface area contributed by atoms with Gasteiger partial charge in [-0.1, -0.05) is 25.5 Å². The average Bonchev–Trinajstić information content (AvgIpc) is 2.39. The zero-order chi connectivity index (χ0) is 15.4. The van der Waals surface area contributed by atoms with Gasteiger partial charge in [0.1, 0.15) is 0 Å². The molecular formula is C14H27O5P. The van der Waals surface area contributed by atoms with Crippen molar-refractivity contribution in [2.45, 2.75) is 52.6 Å². The lowest BCUT2D eigenvalue weighted by atomic mass is 10.2. The first kappa shape index (κ1) is 19.4. The SMILES string of the molecule is CCC/C=C/CC(C(=O)OCC)P(=O)(OCC)OCC. The maximum atomic E-state index is 12.7. The highest BCUT2D eigenvalue weighted by Gasteiger charge is 2.41. The van der Waals surface area contributed by atoms with E-state index in [1.54, 1.807) is 20.8 Å². The van der Waals surface area contributed by atoms with Crippen LogP contribution in [0.2, 0.25) is 0 Å². The van der Waals surface area contributed by atoms with E-state index >= 15 is 0 Å². The van der Waals surface area contributed by atoms with E-state index < -0.39 is 19.2 Å². The van der Waals surface area contributed by atoms with Gasteiger partial charge in [0.2, 0.25) is 0 Å². The standard InChI is InChI=1S/C14H27O5P/c1-5-9-10-11-12-13(14(15)17-6-2)20(16,18-7-3)19-8-4/h10-11,13H,5-9,12H2,1-4H3/b11-10+. The molecule has 0 saturated carbocycles. The molecule has 0 aromatic heterocycles. The molecule has 0 heterocycles. The van der Waals surface area contributed by atoms with Gasteiger partial charge in [-0.25, -0.2) is 0 Å². The zero-order valence-corrected chi connectivity index (χ0v) is 13.9. The van der Waals surface area contributed by atoms with Crippen LogP contribution in [0.3, 0.4) is 0 Å². The topological polar surface area (TPSA) is 61.8 Å². The van der Waals surface area contributed by atoms with Crippen molar-refractivity contribution in [2.75, 3.05) is 19.8 Å². The van der Waals surface area contributed by atoms with Crippen molar-refractivity contribution in [3.05, 3.63) is 12.2 Å². The summed E-state index contributed by atoms with van der Waals surface area (Å²) in [4.78, 5) is 12.0. The molecule has 0 N–H and O–H groups in total. The Morgan fingerprint density at radius 3 is 2.10 bits per heavy atom. The third-order valence-electron chi connectivity index (χ3n) is 2.54. The Morgan fingerprint density at radius 1 is 1.05 bits per heavy atom. The van der Waals surface area contributed by atoms with Crippen LogP contribution in [-0.4, -0.2) is 31.4 Å². The van der Waals surface area contributed by atoms with E-state index in [9.17, 15) is 9.36 Å². The number of carbonyl (C=O) groups is 1. The maximum absolute atomic E-state index is 12.7. The van der Waals surface area contributed by atoms with Crippen LogP contribution >= 0.6 is 7.60 Å². The number of rotatable bonds is 11. The van der Waals surface area contributed by atoms with Crippen LogP contribution in [0, 0.1) is 0 Å². The lowest BCUT2D eigenvalue weighted by Crippen LogP contribution is -2.25. The zero-order valence-electron chi connectivity index (χ0n) is 13.0. The number of unbranched alkanes of at least 4 members (excludes halogenated alkanes) is 1. The van der Waals surface area contributed by atoms with E-state index in [-0.39, 0.29) is 19.8 Å². The van der Waals surface area contributed by atoms with Gasteiger partial charge in [0, 0.05) is 0 Å². The van der Waals surface area contributed by atoms with Crippen LogP contribution in [-0.2, 0) is 23.1 Å². The highest BCUT2D eigenvalue weighted by Crippen LogP contribution is 2.54. The molecule has 0 aromatic rings. The van der Waals surface area contributed by atoms with E-state index in [0.717, 1.165) is 12.8 Å². The largest absolute Gasteiger partial charge is 0.465 e. The first-order chi connectivity index (χ1) is 9.55. The Morgan fingerprint density at radius 2 is 1.65 bits per heavy atom. The summed E-state index contributed by atoms with van der Waals surface area (Å²) in [6.07, 6.45) is 6.05. The Hall–Kier alpha value is -0.640. The van der Waals surface area contributed by atoms with Crippen molar-refractivity contribution in [3.63, 3.8) is 0 Å². The summed E-state index contributed by atoms with van der Waals surface area (Å²) in [6, 6.07) is 0. The Labute approximate surface area is 122 Å². The average molecular weight is 306 g/mol. The quantitative estimate of drug-likeness (QED) is 0.329. The third-order valence-corrected chi connectivity index (χ3v) is 4.96. The second kappa shape index (κ2) is 11.1. The number of hydrogen-bond acceptors (Lipinski definition) is 5. The molecule has 0 aromatic carbocycles. The van der Waals surface area contributed by atoms with Crippen LogP contribution in [0.5, 0.6) is 0 Å². The fourth-order valence-electron chi connectivity index (χ4n) is 1.68. The molecule has 0 radical (unpaired) electrons. The predicted octanol–water partition coefficient (Wildman–Crippen LogP) is 3.93. The van der Waals surface area contributed by atoms with Crippen molar-refractivity contribution in [3.8, 4) is 0 Å². The second-order valence-corrected chi connectivity index (χ2v) is 6.36. The first-order valence-electron chi connectivity index (χ1n) is 7.26. The van der Waals surface area contributed by atoms with Crippen LogP contribution in [0.4, 0.5) is 0 Å². The van der Waals surface area contributed by atoms with Gasteiger partial charge < -0.3 is 13.8 Å². The Kier molecular flexibility index (Phi) is 10.7. The minimum absolute atomic E-state index is 0.228. The fraction of sp³-hybridized carbons (Fsp3) is 0.786. The Balaban J connectivity index is 5.04. The van der Waals surface area contributed by atoms with Gasteiger partial charge in [0.25, 0.3) is 0 Å². The van der Waals surface area contributed by atoms with E-state index in [1.807, 2.05) is 12.2 Å². The summed E-state index contributed by atoms with van der Waals surface area (Å²) in [5, 5.41) is 0. The van der Waals surface area contributed by atoms with Crippen LogP contribution in [0.25, 0.3) is 0 Å². The van der Waals surface area contributed by atoms with Crippen LogP contribution in [0.1, 0.15) is 47.0 Å². The smallest absolute Gasteiger partial charge is 0.345 e. The van der Waals surface area contributed by atoms with Gasteiger partial charge >= 0.3 is 13.6 Å². The van der Waals surface area contributed by atoms with E-state index in [4.69, 9.17) is 13.8 Å². The predicted molar refractivity (Wildman–Crippen MR) is 79.9 cm³/mol. The molecule has 0 aliphatic heterocycles. The highest BCUT2D eigenvalue weighted by molar-refractivity contribution is 7.55. The van der Waals surface area contributed by atoms with E-state index in [0.29, 0.717) is 6.42 Å². The minimum atomic E-state index is -3.49. The summed E-state index contributed by atoms with van der Waals surface area (Å²) in [5.41, 5.74) is -0.893. The summed E-state index contributed by atoms with van der Waals surface area (Å²) in [5.74, 6) is -0.529. The molecule has 0 rings (SSSR count). The van der Waals surface area contributed by atoms with Crippen molar-refractivity contribution in [2.24, 2.45) is 0 Å². The molecule has 0 aliphatic rings. The molecule has 0 aliphatic carbocycles. The molecule has 20 heavy (non-hydrogen) atoms. The molecule has 5 nitrogen and oxygen atoms in total. The number of carbonyl (C=O) groups excluding carboxylic acids is 1. The van der Waals surface area contributed by atoms with E-state index in [2.05, 4.69) is 6.92 Å². The van der Waals surface area contributed by atoms with Crippen molar-refractivity contribution >= 4 is 13.6 Å². The van der Waals surface area contributed by atoms with Gasteiger partial charge in [0.15, 0.2) is 5.66 Å².